The molecule has 0 aliphatic carbocycles. The predicted octanol–water partition coefficient (Wildman–Crippen LogP) is 2.05. The van der Waals surface area contributed by atoms with Crippen molar-refractivity contribution >= 4 is 17.2 Å². The van der Waals surface area contributed by atoms with Crippen LogP contribution in [-0.4, -0.2) is 51.9 Å². The molecular formula is C17H20N4OS. The first-order valence-electron chi connectivity index (χ1n) is 8.01. The Labute approximate surface area is 140 Å². The summed E-state index contributed by atoms with van der Waals surface area (Å²) in [5, 5.41) is 3.21. The van der Waals surface area contributed by atoms with E-state index in [1.807, 2.05) is 35.5 Å². The summed E-state index contributed by atoms with van der Waals surface area (Å²) in [7, 11) is 0. The molecule has 0 N–H and O–H groups in total. The maximum atomic E-state index is 12.6. The number of likely N-dealkylation sites (tertiary alicyclic amines) is 2. The number of hydrogen-bond donors (Lipinski definition) is 0. The molecular weight excluding hydrogens is 308 g/mol. The number of carbonyl (C=O) groups excluding carboxylic acids is 1. The molecule has 0 bridgehead atoms. The Morgan fingerprint density at radius 2 is 2.00 bits per heavy atom. The first kappa shape index (κ1) is 14.8. The average Bonchev–Trinajstić information content (AvgIpc) is 3.24. The number of aromatic nitrogens is 2. The van der Waals surface area contributed by atoms with E-state index < -0.39 is 0 Å². The van der Waals surface area contributed by atoms with E-state index in [4.69, 9.17) is 0 Å². The standard InChI is InChI=1S/C17H20N4OS/c1-12-2-3-13(6-19-12)17(22)21-9-14-7-20(8-15(14)10-21)11-16-18-4-5-23-16/h2-6,14-15H,7-11H2,1H3/t14-,15+. The predicted molar refractivity (Wildman–Crippen MR) is 89.2 cm³/mol. The zero-order valence-corrected chi connectivity index (χ0v) is 14.0. The van der Waals surface area contributed by atoms with Gasteiger partial charge in [0.25, 0.3) is 5.91 Å². The van der Waals surface area contributed by atoms with Gasteiger partial charge in [0.05, 0.1) is 12.1 Å². The van der Waals surface area contributed by atoms with E-state index in [1.54, 1.807) is 17.5 Å². The summed E-state index contributed by atoms with van der Waals surface area (Å²) in [5.41, 5.74) is 1.65. The van der Waals surface area contributed by atoms with Crippen molar-refractivity contribution in [2.24, 2.45) is 11.8 Å². The van der Waals surface area contributed by atoms with Crippen LogP contribution >= 0.6 is 11.3 Å². The van der Waals surface area contributed by atoms with E-state index in [0.29, 0.717) is 17.4 Å². The van der Waals surface area contributed by atoms with Crippen molar-refractivity contribution in [2.75, 3.05) is 26.2 Å². The normalized spacial score (nSPS) is 24.1. The van der Waals surface area contributed by atoms with Crippen LogP contribution in [0.5, 0.6) is 0 Å². The summed E-state index contributed by atoms with van der Waals surface area (Å²) < 4.78 is 0. The largest absolute Gasteiger partial charge is 0.338 e. The van der Waals surface area contributed by atoms with Gasteiger partial charge in [0.15, 0.2) is 0 Å². The van der Waals surface area contributed by atoms with E-state index >= 15 is 0 Å². The van der Waals surface area contributed by atoms with Gasteiger partial charge in [-0.3, -0.25) is 14.7 Å². The molecule has 5 nitrogen and oxygen atoms in total. The fourth-order valence-corrected chi connectivity index (χ4v) is 4.34. The molecule has 2 atom stereocenters. The monoisotopic (exact) mass is 328 g/mol. The number of rotatable bonds is 3. The smallest absolute Gasteiger partial charge is 0.255 e. The summed E-state index contributed by atoms with van der Waals surface area (Å²) in [6.45, 7) is 6.75. The molecule has 2 saturated heterocycles. The molecule has 0 unspecified atom stereocenters. The molecule has 4 heterocycles. The molecule has 1 amide bonds. The minimum absolute atomic E-state index is 0.123. The van der Waals surface area contributed by atoms with E-state index in [-0.39, 0.29) is 5.91 Å². The van der Waals surface area contributed by atoms with Gasteiger partial charge in [0, 0.05) is 49.6 Å². The maximum Gasteiger partial charge on any atom is 0.255 e. The van der Waals surface area contributed by atoms with Gasteiger partial charge in [-0.15, -0.1) is 11.3 Å². The Morgan fingerprint density at radius 1 is 1.22 bits per heavy atom. The molecule has 6 heteroatoms. The Balaban J connectivity index is 1.36. The highest BCUT2D eigenvalue weighted by Crippen LogP contribution is 2.32. The highest BCUT2D eigenvalue weighted by Gasteiger charge is 2.41. The van der Waals surface area contributed by atoms with Gasteiger partial charge < -0.3 is 4.90 Å². The minimum Gasteiger partial charge on any atom is -0.338 e. The van der Waals surface area contributed by atoms with E-state index in [2.05, 4.69) is 14.9 Å². The molecule has 0 aromatic carbocycles. The highest BCUT2D eigenvalue weighted by atomic mass is 32.1. The zero-order valence-electron chi connectivity index (χ0n) is 13.2. The van der Waals surface area contributed by atoms with Gasteiger partial charge in [0.1, 0.15) is 5.01 Å². The number of carbonyl (C=O) groups is 1. The molecule has 2 aliphatic heterocycles. The topological polar surface area (TPSA) is 49.3 Å². The third-order valence-corrected chi connectivity index (χ3v) is 5.61. The number of aryl methyl sites for hydroxylation is 1. The summed E-state index contributed by atoms with van der Waals surface area (Å²) >= 11 is 1.72. The van der Waals surface area contributed by atoms with Crippen molar-refractivity contribution < 1.29 is 4.79 Å². The van der Waals surface area contributed by atoms with Gasteiger partial charge in [-0.05, 0) is 30.9 Å². The number of fused-ring (bicyclic) bond motifs is 1. The second-order valence-corrected chi connectivity index (χ2v) is 7.52. The van der Waals surface area contributed by atoms with Crippen LogP contribution in [0, 0.1) is 18.8 Å². The number of pyridine rings is 1. The second kappa shape index (κ2) is 6.02. The molecule has 0 radical (unpaired) electrons. The lowest BCUT2D eigenvalue weighted by molar-refractivity contribution is 0.0773. The average molecular weight is 328 g/mol. The van der Waals surface area contributed by atoms with Crippen molar-refractivity contribution in [2.45, 2.75) is 13.5 Å². The Hall–Kier alpha value is -1.79. The number of thiazole rings is 1. The Morgan fingerprint density at radius 3 is 2.61 bits per heavy atom. The highest BCUT2D eigenvalue weighted by molar-refractivity contribution is 7.09. The van der Waals surface area contributed by atoms with Gasteiger partial charge in [-0.25, -0.2) is 4.98 Å². The quantitative estimate of drug-likeness (QED) is 0.865. The summed E-state index contributed by atoms with van der Waals surface area (Å²) in [6.07, 6.45) is 3.56. The lowest BCUT2D eigenvalue weighted by Gasteiger charge is -2.21. The van der Waals surface area contributed by atoms with E-state index in [9.17, 15) is 4.79 Å². The Bertz CT molecular complexity index is 671. The van der Waals surface area contributed by atoms with Crippen molar-refractivity contribution in [3.05, 3.63) is 46.2 Å². The van der Waals surface area contributed by atoms with Crippen LogP contribution in [0.1, 0.15) is 21.1 Å². The number of nitrogens with zero attached hydrogens (tertiary/aromatic N) is 4. The number of hydrogen-bond acceptors (Lipinski definition) is 5. The third-order valence-electron chi connectivity index (χ3n) is 4.85. The third kappa shape index (κ3) is 3.01. The summed E-state index contributed by atoms with van der Waals surface area (Å²) in [5.74, 6) is 1.31. The Kier molecular flexibility index (Phi) is 3.87. The van der Waals surface area contributed by atoms with Crippen LogP contribution in [0.3, 0.4) is 0 Å². The van der Waals surface area contributed by atoms with Gasteiger partial charge in [-0.2, -0.15) is 0 Å². The fraction of sp³-hybridized carbons (Fsp3) is 0.471. The van der Waals surface area contributed by atoms with Crippen LogP contribution in [0.15, 0.2) is 29.9 Å². The zero-order chi connectivity index (χ0) is 15.8. The SMILES string of the molecule is Cc1ccc(C(=O)N2C[C@H]3CN(Cc4nccs4)C[C@H]3C2)cn1. The molecule has 2 fully saturated rings. The van der Waals surface area contributed by atoms with Crippen molar-refractivity contribution in [1.82, 2.24) is 19.8 Å². The van der Waals surface area contributed by atoms with Crippen LogP contribution in [0.4, 0.5) is 0 Å². The van der Waals surface area contributed by atoms with Gasteiger partial charge in [0.2, 0.25) is 0 Å². The number of amides is 1. The van der Waals surface area contributed by atoms with E-state index in [1.165, 1.54) is 5.01 Å². The summed E-state index contributed by atoms with van der Waals surface area (Å²) in [6, 6.07) is 3.79. The van der Waals surface area contributed by atoms with Crippen LogP contribution in [-0.2, 0) is 6.54 Å². The molecule has 0 spiro atoms. The molecule has 120 valence electrons. The molecule has 2 aromatic heterocycles. The van der Waals surface area contributed by atoms with Crippen molar-refractivity contribution in [3.63, 3.8) is 0 Å². The lowest BCUT2D eigenvalue weighted by Crippen LogP contribution is -2.33. The molecule has 23 heavy (non-hydrogen) atoms. The molecule has 4 rings (SSSR count). The van der Waals surface area contributed by atoms with Crippen LogP contribution < -0.4 is 0 Å². The van der Waals surface area contributed by atoms with Crippen molar-refractivity contribution in [1.29, 1.82) is 0 Å². The molecule has 0 saturated carbocycles. The fourth-order valence-electron chi connectivity index (χ4n) is 3.68. The van der Waals surface area contributed by atoms with E-state index in [0.717, 1.165) is 38.4 Å². The van der Waals surface area contributed by atoms with Crippen LogP contribution in [0.2, 0.25) is 0 Å². The minimum atomic E-state index is 0.123. The van der Waals surface area contributed by atoms with Gasteiger partial charge >= 0.3 is 0 Å². The summed E-state index contributed by atoms with van der Waals surface area (Å²) in [4.78, 5) is 25.7. The first-order valence-corrected chi connectivity index (χ1v) is 8.89. The molecule has 2 aliphatic rings. The van der Waals surface area contributed by atoms with Crippen LogP contribution in [0.25, 0.3) is 0 Å². The van der Waals surface area contributed by atoms with Crippen molar-refractivity contribution in [3.8, 4) is 0 Å². The first-order chi connectivity index (χ1) is 11.2. The molecule has 2 aromatic rings. The maximum absolute atomic E-state index is 12.6. The van der Waals surface area contributed by atoms with Gasteiger partial charge in [-0.1, -0.05) is 0 Å². The second-order valence-electron chi connectivity index (χ2n) is 6.54. The lowest BCUT2D eigenvalue weighted by atomic mass is 10.0.